The van der Waals surface area contributed by atoms with Crippen molar-refractivity contribution in [2.75, 3.05) is 26.4 Å². The predicted molar refractivity (Wildman–Crippen MR) is 74.7 cm³/mol. The highest BCUT2D eigenvalue weighted by Crippen LogP contribution is 2.17. The number of hydrogen-bond acceptors (Lipinski definition) is 5. The number of rotatable bonds is 10. The van der Waals surface area contributed by atoms with Gasteiger partial charge in [-0.15, -0.1) is 0 Å². The van der Waals surface area contributed by atoms with Crippen molar-refractivity contribution in [2.24, 2.45) is 0 Å². The van der Waals surface area contributed by atoms with Crippen molar-refractivity contribution in [2.45, 2.75) is 13.8 Å². The Labute approximate surface area is 119 Å². The molecule has 0 aliphatic heterocycles. The van der Waals surface area contributed by atoms with Crippen LogP contribution >= 0.6 is 0 Å². The minimum absolute atomic E-state index is 0.0547. The van der Waals surface area contributed by atoms with E-state index >= 15 is 0 Å². The van der Waals surface area contributed by atoms with E-state index in [0.717, 1.165) is 11.3 Å². The third-order valence-electron chi connectivity index (χ3n) is 2.52. The lowest BCUT2D eigenvalue weighted by molar-refractivity contribution is -0.254. The van der Waals surface area contributed by atoms with Gasteiger partial charge in [-0.1, -0.05) is 6.58 Å². The van der Waals surface area contributed by atoms with Gasteiger partial charge in [0.1, 0.15) is 25.2 Å². The van der Waals surface area contributed by atoms with Crippen molar-refractivity contribution < 1.29 is 24.0 Å². The Balaban J connectivity index is 2.21. The van der Waals surface area contributed by atoms with Crippen molar-refractivity contribution in [1.29, 1.82) is 0 Å². The lowest BCUT2D eigenvalue weighted by Gasteiger charge is -2.09. The molecule has 0 saturated heterocycles. The van der Waals surface area contributed by atoms with Crippen molar-refractivity contribution in [3.05, 3.63) is 42.2 Å². The van der Waals surface area contributed by atoms with E-state index in [-0.39, 0.29) is 5.78 Å². The summed E-state index contributed by atoms with van der Waals surface area (Å²) in [6.07, 6.45) is 1.20. The number of hydrogen-bond donors (Lipinski definition) is 0. The molecule has 0 aromatic heterocycles. The molecule has 0 heterocycles. The zero-order valence-corrected chi connectivity index (χ0v) is 11.9. The molecular weight excluding hydrogens is 260 g/mol. The molecule has 0 unspecified atom stereocenters. The molecule has 0 amide bonds. The summed E-state index contributed by atoms with van der Waals surface area (Å²) >= 11 is 0. The van der Waals surface area contributed by atoms with Gasteiger partial charge in [0.25, 0.3) is 0 Å². The average Bonchev–Trinajstić information content (AvgIpc) is 2.41. The number of Topliss-reactive ketones (excluding diaryl/α,β-unsaturated/α-hetero) is 1. The zero-order valence-electron chi connectivity index (χ0n) is 11.9. The Hall–Kier alpha value is -1.85. The summed E-state index contributed by atoms with van der Waals surface area (Å²) in [5.74, 6) is 0.779. The van der Waals surface area contributed by atoms with Crippen molar-refractivity contribution in [3.63, 3.8) is 0 Å². The van der Waals surface area contributed by atoms with E-state index in [9.17, 15) is 4.79 Å². The maximum atomic E-state index is 11.3. The zero-order chi connectivity index (χ0) is 14.8. The second-order valence-electron chi connectivity index (χ2n) is 4.08. The quantitative estimate of drug-likeness (QED) is 0.217. The van der Waals surface area contributed by atoms with Gasteiger partial charge in [-0.05, 0) is 37.6 Å². The molecular formula is C15H20O5. The van der Waals surface area contributed by atoms with Gasteiger partial charge in [0.2, 0.25) is 0 Å². The van der Waals surface area contributed by atoms with Crippen LogP contribution in [0.25, 0.3) is 0 Å². The Kier molecular flexibility index (Phi) is 7.39. The first kappa shape index (κ1) is 16.2. The molecule has 0 aliphatic carbocycles. The summed E-state index contributed by atoms with van der Waals surface area (Å²) in [4.78, 5) is 20.5. The average molecular weight is 280 g/mol. The molecule has 1 aromatic carbocycles. The van der Waals surface area contributed by atoms with Crippen molar-refractivity contribution in [3.8, 4) is 5.75 Å². The third kappa shape index (κ3) is 5.86. The summed E-state index contributed by atoms with van der Waals surface area (Å²) in [5.41, 5.74) is 1.62. The predicted octanol–water partition coefficient (Wildman–Crippen LogP) is 2.68. The third-order valence-corrected chi connectivity index (χ3v) is 2.52. The van der Waals surface area contributed by atoms with Crippen LogP contribution in [0.1, 0.15) is 22.8 Å². The number of ether oxygens (including phenoxy) is 2. The molecule has 1 rings (SSSR count). The largest absolute Gasteiger partial charge is 0.491 e. The second-order valence-corrected chi connectivity index (χ2v) is 4.08. The molecule has 0 fully saturated rings. The molecule has 1 aromatic rings. The molecule has 0 spiro atoms. The summed E-state index contributed by atoms with van der Waals surface area (Å²) < 4.78 is 10.8. The van der Waals surface area contributed by atoms with Crippen LogP contribution in [0.15, 0.2) is 31.0 Å². The molecule has 5 heteroatoms. The molecule has 0 radical (unpaired) electrons. The number of ketones is 1. The summed E-state index contributed by atoms with van der Waals surface area (Å²) in [5, 5.41) is 0. The standard InChI is InChI=1S/C15H20O5/c1-4-19-20-10-8-17-7-9-18-14-5-6-15(13(3)16)12(2)11-14/h4-6,11H,1,7-10H2,2-3H3. The van der Waals surface area contributed by atoms with Crippen LogP contribution in [0.3, 0.4) is 0 Å². The van der Waals surface area contributed by atoms with E-state index in [2.05, 4.69) is 16.4 Å². The highest BCUT2D eigenvalue weighted by molar-refractivity contribution is 5.95. The normalized spacial score (nSPS) is 10.1. The molecule has 0 atom stereocenters. The number of benzene rings is 1. The molecule has 5 nitrogen and oxygen atoms in total. The smallest absolute Gasteiger partial charge is 0.160 e. The highest BCUT2D eigenvalue weighted by atomic mass is 17.2. The van der Waals surface area contributed by atoms with Gasteiger partial charge in [-0.25, -0.2) is 0 Å². The van der Waals surface area contributed by atoms with Crippen LogP contribution in [0, 0.1) is 6.92 Å². The Morgan fingerprint density at radius 1 is 1.25 bits per heavy atom. The van der Waals surface area contributed by atoms with Gasteiger partial charge < -0.3 is 14.4 Å². The van der Waals surface area contributed by atoms with Crippen molar-refractivity contribution >= 4 is 5.78 Å². The van der Waals surface area contributed by atoms with E-state index in [4.69, 9.17) is 9.47 Å². The maximum Gasteiger partial charge on any atom is 0.160 e. The van der Waals surface area contributed by atoms with E-state index in [1.807, 2.05) is 13.0 Å². The van der Waals surface area contributed by atoms with Crippen LogP contribution in [0.2, 0.25) is 0 Å². The van der Waals surface area contributed by atoms with Gasteiger partial charge in [-0.2, -0.15) is 4.89 Å². The molecule has 0 N–H and O–H groups in total. The van der Waals surface area contributed by atoms with Crippen LogP contribution in [0.4, 0.5) is 0 Å². The Morgan fingerprint density at radius 2 is 2.00 bits per heavy atom. The lowest BCUT2D eigenvalue weighted by atomic mass is 10.1. The van der Waals surface area contributed by atoms with E-state index in [1.165, 1.54) is 6.26 Å². The van der Waals surface area contributed by atoms with Gasteiger partial charge in [0.15, 0.2) is 5.78 Å². The SMILES string of the molecule is C=COOCCOCCOc1ccc(C(C)=O)c(C)c1. The topological polar surface area (TPSA) is 54.0 Å². The fourth-order valence-corrected chi connectivity index (χ4v) is 1.63. The van der Waals surface area contributed by atoms with Crippen LogP contribution < -0.4 is 4.74 Å². The molecule has 0 bridgehead atoms. The van der Waals surface area contributed by atoms with Crippen LogP contribution in [0.5, 0.6) is 5.75 Å². The number of carbonyl (C=O) groups is 1. The van der Waals surface area contributed by atoms with E-state index in [0.29, 0.717) is 32.0 Å². The first-order valence-corrected chi connectivity index (χ1v) is 6.36. The second kappa shape index (κ2) is 9.12. The van der Waals surface area contributed by atoms with Gasteiger partial charge in [-0.3, -0.25) is 4.79 Å². The molecule has 0 aliphatic rings. The summed E-state index contributed by atoms with van der Waals surface area (Å²) in [6.45, 7) is 8.40. The van der Waals surface area contributed by atoms with Gasteiger partial charge >= 0.3 is 0 Å². The number of carbonyl (C=O) groups excluding carboxylic acids is 1. The van der Waals surface area contributed by atoms with Crippen LogP contribution in [-0.2, 0) is 14.5 Å². The van der Waals surface area contributed by atoms with E-state index in [1.54, 1.807) is 19.1 Å². The summed E-state index contributed by atoms with van der Waals surface area (Å²) in [7, 11) is 0. The summed E-state index contributed by atoms with van der Waals surface area (Å²) in [6, 6.07) is 5.40. The molecule has 110 valence electrons. The first-order valence-electron chi connectivity index (χ1n) is 6.36. The van der Waals surface area contributed by atoms with Crippen molar-refractivity contribution in [1.82, 2.24) is 0 Å². The molecule has 20 heavy (non-hydrogen) atoms. The van der Waals surface area contributed by atoms with Gasteiger partial charge in [0.05, 0.1) is 13.2 Å². The lowest BCUT2D eigenvalue weighted by Crippen LogP contribution is -2.10. The first-order chi connectivity index (χ1) is 9.65. The monoisotopic (exact) mass is 280 g/mol. The highest BCUT2D eigenvalue weighted by Gasteiger charge is 2.04. The van der Waals surface area contributed by atoms with E-state index < -0.39 is 0 Å². The minimum atomic E-state index is 0.0547. The minimum Gasteiger partial charge on any atom is -0.491 e. The fraction of sp³-hybridized carbons (Fsp3) is 0.400. The maximum absolute atomic E-state index is 11.3. The number of aryl methyl sites for hydroxylation is 1. The Bertz CT molecular complexity index is 442. The van der Waals surface area contributed by atoms with Gasteiger partial charge in [0, 0.05) is 5.56 Å². The van der Waals surface area contributed by atoms with Crippen LogP contribution in [-0.4, -0.2) is 32.2 Å². The molecule has 0 saturated carbocycles. The fourth-order valence-electron chi connectivity index (χ4n) is 1.63. The Morgan fingerprint density at radius 3 is 2.65 bits per heavy atom.